The fourth-order valence-corrected chi connectivity index (χ4v) is 1.30. The van der Waals surface area contributed by atoms with E-state index in [-0.39, 0.29) is 0 Å². The third kappa shape index (κ3) is 3.07. The molecule has 18 heteroatoms. The van der Waals surface area contributed by atoms with Crippen LogP contribution in [-0.2, 0) is 0 Å². The van der Waals surface area contributed by atoms with Crippen molar-refractivity contribution in [3.63, 3.8) is 0 Å². The van der Waals surface area contributed by atoms with Gasteiger partial charge in [-0.15, -0.1) is 0 Å². The second-order valence-electron chi connectivity index (χ2n) is 4.87. The van der Waals surface area contributed by atoms with Gasteiger partial charge in [0.05, 0.1) is 0 Å². The fraction of sp³-hybridized carbons (Fsp3) is 1.00. The molecule has 0 saturated carbocycles. The molecule has 2 nitrogen and oxygen atoms in total. The quantitative estimate of drug-likeness (QED) is 0.436. The maximum Gasteiger partial charge on any atom is 0.400 e. The Morgan fingerprint density at radius 1 is 0.407 bits per heavy atom. The van der Waals surface area contributed by atoms with Gasteiger partial charge in [-0.05, 0) is 0 Å². The van der Waals surface area contributed by atoms with Crippen LogP contribution in [0.3, 0.4) is 0 Å². The van der Waals surface area contributed by atoms with Crippen LogP contribution >= 0.6 is 0 Å². The van der Waals surface area contributed by atoms with Crippen molar-refractivity contribution in [2.75, 3.05) is 6.67 Å². The summed E-state index contributed by atoms with van der Waals surface area (Å²) in [5.41, 5.74) is 0. The lowest BCUT2D eigenvalue weighted by Crippen LogP contribution is -2.75. The Hall–Kier alpha value is -1.20. The van der Waals surface area contributed by atoms with Gasteiger partial charge in [0, 0.05) is 0 Å². The van der Waals surface area contributed by atoms with Crippen molar-refractivity contribution in [1.29, 1.82) is 0 Å². The average molecular weight is 448 g/mol. The van der Waals surface area contributed by atoms with E-state index in [1.54, 1.807) is 0 Å². The molecular weight excluding hydrogens is 444 g/mol. The lowest BCUT2D eigenvalue weighted by Gasteiger charge is -2.42. The molecule has 0 spiro atoms. The van der Waals surface area contributed by atoms with E-state index in [1.165, 1.54) is 0 Å². The molecule has 0 atom stereocenters. The third-order valence-electron chi connectivity index (χ3n) is 3.00. The van der Waals surface area contributed by atoms with Gasteiger partial charge in [-0.3, -0.25) is 0 Å². The van der Waals surface area contributed by atoms with Crippen LogP contribution in [0.25, 0.3) is 0 Å². The van der Waals surface area contributed by atoms with Gasteiger partial charge >= 0.3 is 47.5 Å². The number of hydrogen-bond donors (Lipinski definition) is 2. The number of rotatable bonds is 8. The minimum atomic E-state index is -8.54. The van der Waals surface area contributed by atoms with Gasteiger partial charge in [-0.25, -0.2) is 4.39 Å². The van der Waals surface area contributed by atoms with Crippen molar-refractivity contribution in [1.82, 2.24) is 0 Å². The Kier molecular flexibility index (Phi) is 5.87. The molecule has 0 aromatic heterocycles. The van der Waals surface area contributed by atoms with Crippen LogP contribution in [0.4, 0.5) is 70.2 Å². The maximum atomic E-state index is 13.0. The van der Waals surface area contributed by atoms with Crippen molar-refractivity contribution in [3.05, 3.63) is 0 Å². The zero-order valence-corrected chi connectivity index (χ0v) is 11.6. The van der Waals surface area contributed by atoms with Crippen LogP contribution < -0.4 is 0 Å². The van der Waals surface area contributed by atoms with Gasteiger partial charge in [0.15, 0.2) is 6.67 Å². The van der Waals surface area contributed by atoms with Gasteiger partial charge in [0.25, 0.3) is 0 Å². The molecule has 164 valence electrons. The third-order valence-corrected chi connectivity index (χ3v) is 3.00. The van der Waals surface area contributed by atoms with Crippen LogP contribution in [0.1, 0.15) is 0 Å². The first kappa shape index (κ1) is 25.8. The highest BCUT2D eigenvalue weighted by Crippen LogP contribution is 2.63. The van der Waals surface area contributed by atoms with Crippen molar-refractivity contribution in [3.8, 4) is 0 Å². The molecule has 0 unspecified atom stereocenters. The molecule has 0 saturated heterocycles. The zero-order chi connectivity index (χ0) is 22.7. The van der Waals surface area contributed by atoms with Crippen molar-refractivity contribution in [2.24, 2.45) is 0 Å². The highest BCUT2D eigenvalue weighted by atomic mass is 19.4. The Balaban J connectivity index is 6.65. The molecule has 2 N–H and O–H groups in total. The lowest BCUT2D eigenvalue weighted by atomic mass is 9.89. The van der Waals surface area contributed by atoms with Crippen LogP contribution in [0.2, 0.25) is 0 Å². The normalized spacial score (nSPS) is 16.7. The second kappa shape index (κ2) is 6.15. The molecule has 0 bridgehead atoms. The molecule has 0 aliphatic rings. The van der Waals surface area contributed by atoms with Crippen molar-refractivity contribution < 1.29 is 80.5 Å². The molecule has 0 aromatic rings. The molecule has 0 rings (SSSR count). The summed E-state index contributed by atoms with van der Waals surface area (Å²) in [5.74, 6) is -56.2. The van der Waals surface area contributed by atoms with Crippen molar-refractivity contribution >= 4 is 0 Å². The van der Waals surface area contributed by atoms with E-state index in [2.05, 4.69) is 0 Å². The highest BCUT2D eigenvalue weighted by molar-refractivity contribution is 5.14. The topological polar surface area (TPSA) is 40.5 Å². The predicted molar refractivity (Wildman–Crippen MR) is 48.9 cm³/mol. The molecule has 0 heterocycles. The van der Waals surface area contributed by atoms with Crippen LogP contribution in [0, 0.1) is 0 Å². The van der Waals surface area contributed by atoms with Gasteiger partial charge in [-0.2, -0.15) is 65.9 Å². The summed E-state index contributed by atoms with van der Waals surface area (Å²) in [4.78, 5) is 0. The van der Waals surface area contributed by atoms with E-state index in [1.807, 2.05) is 0 Å². The SMILES string of the molecule is OC(O)(F)C(F)(F)C(F)(F)C(F)(F)C(F)(F)C(F)(F)C(F)(F)C(F)(F)CF. The predicted octanol–water partition coefficient (Wildman–Crippen LogP) is 4.01. The first-order chi connectivity index (χ1) is 11.3. The summed E-state index contributed by atoms with van der Waals surface area (Å²) in [6.45, 7) is -3.91. The van der Waals surface area contributed by atoms with E-state index >= 15 is 0 Å². The van der Waals surface area contributed by atoms with Crippen molar-refractivity contribution in [2.45, 2.75) is 47.5 Å². The summed E-state index contributed by atoms with van der Waals surface area (Å²) < 4.78 is 203. The molecule has 27 heavy (non-hydrogen) atoms. The molecule has 0 fully saturated rings. The standard InChI is InChI=1S/C9H4F16O2/c10-1-2(11,12)3(13,14)4(15,16)5(17,18)6(19,20)7(21,22)8(23,24)9(25,26)27/h26-27H,1H2. The van der Waals surface area contributed by atoms with E-state index in [9.17, 15) is 70.2 Å². The Morgan fingerprint density at radius 3 is 0.852 bits per heavy atom. The van der Waals surface area contributed by atoms with E-state index in [4.69, 9.17) is 10.2 Å². The van der Waals surface area contributed by atoms with E-state index in [0.717, 1.165) is 0 Å². The van der Waals surface area contributed by atoms with Gasteiger partial charge < -0.3 is 10.2 Å². The molecule has 0 amide bonds. The summed E-state index contributed by atoms with van der Waals surface area (Å²) >= 11 is 0. The van der Waals surface area contributed by atoms with E-state index < -0.39 is 54.2 Å². The summed E-state index contributed by atoms with van der Waals surface area (Å²) in [6, 6.07) is -6.79. The highest BCUT2D eigenvalue weighted by Gasteiger charge is 2.94. The fourth-order valence-electron chi connectivity index (χ4n) is 1.30. The largest absolute Gasteiger partial charge is 0.400 e. The summed E-state index contributed by atoms with van der Waals surface area (Å²) in [5, 5.41) is 15.2. The molecular formula is C9H4F16O2. The Bertz CT molecular complexity index is 547. The second-order valence-corrected chi connectivity index (χ2v) is 4.87. The smallest absolute Gasteiger partial charge is 0.335 e. The zero-order valence-electron chi connectivity index (χ0n) is 11.6. The Morgan fingerprint density at radius 2 is 0.630 bits per heavy atom. The molecule has 0 aliphatic carbocycles. The number of alkyl halides is 16. The van der Waals surface area contributed by atoms with Gasteiger partial charge in [-0.1, -0.05) is 0 Å². The molecule has 0 aromatic carbocycles. The van der Waals surface area contributed by atoms with Gasteiger partial charge in [0.1, 0.15) is 0 Å². The molecule has 0 radical (unpaired) electrons. The van der Waals surface area contributed by atoms with E-state index in [0.29, 0.717) is 0 Å². The first-order valence-corrected chi connectivity index (χ1v) is 5.65. The maximum absolute atomic E-state index is 13.0. The number of aliphatic hydroxyl groups is 2. The molecule has 0 aliphatic heterocycles. The minimum absolute atomic E-state index is 3.91. The minimum Gasteiger partial charge on any atom is -0.335 e. The monoisotopic (exact) mass is 448 g/mol. The summed E-state index contributed by atoms with van der Waals surface area (Å²) in [7, 11) is 0. The van der Waals surface area contributed by atoms with Crippen LogP contribution in [-0.4, -0.2) is 64.4 Å². The Labute approximate surface area is 136 Å². The number of hydrogen-bond acceptors (Lipinski definition) is 2. The van der Waals surface area contributed by atoms with Gasteiger partial charge in [0.2, 0.25) is 0 Å². The lowest BCUT2D eigenvalue weighted by molar-refractivity contribution is -0.479. The average Bonchev–Trinajstić information content (AvgIpc) is 2.44. The number of halogens is 16. The van der Waals surface area contributed by atoms with Crippen LogP contribution in [0.15, 0.2) is 0 Å². The first-order valence-electron chi connectivity index (χ1n) is 5.65. The van der Waals surface area contributed by atoms with Crippen LogP contribution in [0.5, 0.6) is 0 Å². The summed E-state index contributed by atoms with van der Waals surface area (Å²) in [6.07, 6.45) is 0.